The van der Waals surface area contributed by atoms with Gasteiger partial charge in [-0.05, 0) is 67.5 Å². The highest BCUT2D eigenvalue weighted by Gasteiger charge is 2.30. The number of nitrogens with one attached hydrogen (secondary N) is 2. The largest absolute Gasteiger partial charge is 0.465 e. The molecule has 6 heteroatoms. The van der Waals surface area contributed by atoms with Gasteiger partial charge in [-0.15, -0.1) is 0 Å². The van der Waals surface area contributed by atoms with Crippen molar-refractivity contribution in [2.75, 3.05) is 13.7 Å². The van der Waals surface area contributed by atoms with Crippen molar-refractivity contribution >= 4 is 11.9 Å². The van der Waals surface area contributed by atoms with E-state index in [1.54, 1.807) is 12.1 Å². The van der Waals surface area contributed by atoms with Crippen LogP contribution in [0, 0.1) is 0 Å². The molecule has 3 atom stereocenters. The minimum atomic E-state index is -0.347. The lowest BCUT2D eigenvalue weighted by atomic mass is 9.87. The molecule has 1 saturated heterocycles. The van der Waals surface area contributed by atoms with Gasteiger partial charge in [0, 0.05) is 0 Å². The highest BCUT2D eigenvalue weighted by atomic mass is 16.5. The Morgan fingerprint density at radius 1 is 1.10 bits per heavy atom. The van der Waals surface area contributed by atoms with Crippen LogP contribution >= 0.6 is 0 Å². The molecule has 1 aliphatic carbocycles. The maximum Gasteiger partial charge on any atom is 0.337 e. The first-order valence-corrected chi connectivity index (χ1v) is 11.0. The smallest absolute Gasteiger partial charge is 0.337 e. The molecule has 2 aliphatic rings. The summed E-state index contributed by atoms with van der Waals surface area (Å²) in [5.74, 6) is -0.294. The summed E-state index contributed by atoms with van der Waals surface area (Å²) in [7, 11) is 1.37. The predicted octanol–water partition coefficient (Wildman–Crippen LogP) is 3.30. The lowest BCUT2D eigenvalue weighted by Gasteiger charge is -2.32. The van der Waals surface area contributed by atoms with Crippen molar-refractivity contribution in [3.8, 4) is 0 Å². The van der Waals surface area contributed by atoms with Gasteiger partial charge in [0.05, 0.1) is 37.5 Å². The number of carbonyl (C=O) groups is 2. The van der Waals surface area contributed by atoms with Crippen LogP contribution in [0.1, 0.15) is 58.8 Å². The van der Waals surface area contributed by atoms with Crippen LogP contribution in [-0.4, -0.2) is 37.7 Å². The third-order valence-corrected chi connectivity index (χ3v) is 6.22. The summed E-state index contributed by atoms with van der Waals surface area (Å²) in [6, 6.07) is 15.5. The number of hydrogen-bond acceptors (Lipinski definition) is 5. The molecule has 2 unspecified atom stereocenters. The molecule has 0 aromatic heterocycles. The summed E-state index contributed by atoms with van der Waals surface area (Å²) in [4.78, 5) is 24.5. The van der Waals surface area contributed by atoms with E-state index >= 15 is 0 Å². The number of piperidine rings is 1. The molecule has 2 aromatic rings. The Balaban J connectivity index is 1.29. The van der Waals surface area contributed by atoms with Gasteiger partial charge in [-0.1, -0.05) is 36.4 Å². The fraction of sp³-hybridized carbons (Fsp3) is 0.440. The van der Waals surface area contributed by atoms with E-state index in [0.717, 1.165) is 37.8 Å². The number of carbonyl (C=O) groups excluding carboxylic acids is 2. The predicted molar refractivity (Wildman–Crippen MR) is 118 cm³/mol. The standard InChI is InChI=1S/C25H30N2O4/c1-30-25(29)19-11-9-17(10-12-19)16-31-20-13-14-26-23(15-20)24(28)27-22-8-4-6-18-5-2-3-7-21(18)22/h2-3,5,7,9-12,20,22-23,26H,4,6,8,13-16H2,1H3,(H,27,28)/t20?,22-,23?/m1/s1. The van der Waals surface area contributed by atoms with Gasteiger partial charge in [0.2, 0.25) is 5.91 Å². The molecule has 0 spiro atoms. The van der Waals surface area contributed by atoms with Crippen molar-refractivity contribution in [2.45, 2.75) is 56.9 Å². The number of methoxy groups -OCH3 is 1. The zero-order valence-electron chi connectivity index (χ0n) is 17.9. The second-order valence-electron chi connectivity index (χ2n) is 8.30. The van der Waals surface area contributed by atoms with Crippen LogP contribution in [0.5, 0.6) is 0 Å². The molecule has 1 aliphatic heterocycles. The lowest BCUT2D eigenvalue weighted by molar-refractivity contribution is -0.126. The van der Waals surface area contributed by atoms with Gasteiger partial charge in [0.25, 0.3) is 0 Å². The summed E-state index contributed by atoms with van der Waals surface area (Å²) < 4.78 is 10.8. The fourth-order valence-corrected chi connectivity index (χ4v) is 4.48. The van der Waals surface area contributed by atoms with E-state index in [0.29, 0.717) is 18.6 Å². The monoisotopic (exact) mass is 422 g/mol. The lowest BCUT2D eigenvalue weighted by Crippen LogP contribution is -2.51. The molecule has 2 aromatic carbocycles. The number of amides is 1. The molecule has 1 amide bonds. The summed E-state index contributed by atoms with van der Waals surface area (Å²) >= 11 is 0. The first kappa shape index (κ1) is 21.5. The Morgan fingerprint density at radius 3 is 2.71 bits per heavy atom. The average molecular weight is 423 g/mol. The van der Waals surface area contributed by atoms with E-state index in [1.807, 2.05) is 18.2 Å². The Bertz CT molecular complexity index is 912. The molecule has 1 fully saturated rings. The van der Waals surface area contributed by atoms with Crippen molar-refractivity contribution in [2.24, 2.45) is 0 Å². The zero-order valence-corrected chi connectivity index (χ0v) is 17.9. The van der Waals surface area contributed by atoms with Gasteiger partial charge in [-0.25, -0.2) is 4.79 Å². The average Bonchev–Trinajstić information content (AvgIpc) is 2.83. The van der Waals surface area contributed by atoms with Crippen LogP contribution in [0.25, 0.3) is 0 Å². The maximum atomic E-state index is 13.0. The van der Waals surface area contributed by atoms with Crippen molar-refractivity contribution < 1.29 is 19.1 Å². The summed E-state index contributed by atoms with van der Waals surface area (Å²) in [6.07, 6.45) is 4.71. The third kappa shape index (κ3) is 5.32. The Hall–Kier alpha value is -2.70. The third-order valence-electron chi connectivity index (χ3n) is 6.22. The second kappa shape index (κ2) is 10.1. The maximum absolute atomic E-state index is 13.0. The summed E-state index contributed by atoms with van der Waals surface area (Å²) in [5, 5.41) is 6.60. The molecule has 2 N–H and O–H groups in total. The van der Waals surface area contributed by atoms with Crippen molar-refractivity contribution in [3.63, 3.8) is 0 Å². The van der Waals surface area contributed by atoms with Crippen molar-refractivity contribution in [3.05, 3.63) is 70.8 Å². The van der Waals surface area contributed by atoms with Gasteiger partial charge in [-0.2, -0.15) is 0 Å². The number of rotatable bonds is 6. The van der Waals surface area contributed by atoms with Crippen LogP contribution < -0.4 is 10.6 Å². The van der Waals surface area contributed by atoms with E-state index in [4.69, 9.17) is 9.47 Å². The fourth-order valence-electron chi connectivity index (χ4n) is 4.48. The molecule has 6 nitrogen and oxygen atoms in total. The first-order valence-electron chi connectivity index (χ1n) is 11.0. The molecular formula is C25H30N2O4. The van der Waals surface area contributed by atoms with E-state index in [-0.39, 0.29) is 30.1 Å². The molecule has 31 heavy (non-hydrogen) atoms. The Labute approximate surface area is 183 Å². The van der Waals surface area contributed by atoms with Crippen LogP contribution in [0.2, 0.25) is 0 Å². The van der Waals surface area contributed by atoms with Gasteiger partial charge in [0.1, 0.15) is 0 Å². The van der Waals surface area contributed by atoms with Gasteiger partial charge < -0.3 is 20.1 Å². The second-order valence-corrected chi connectivity index (χ2v) is 8.30. The normalized spacial score (nSPS) is 22.9. The highest BCUT2D eigenvalue weighted by Crippen LogP contribution is 2.29. The number of fused-ring (bicyclic) bond motifs is 1. The Kier molecular flexibility index (Phi) is 6.99. The van der Waals surface area contributed by atoms with Crippen LogP contribution in [0.3, 0.4) is 0 Å². The number of benzene rings is 2. The van der Waals surface area contributed by atoms with Crippen LogP contribution in [0.4, 0.5) is 0 Å². The van der Waals surface area contributed by atoms with Gasteiger partial charge >= 0.3 is 5.97 Å². The highest BCUT2D eigenvalue weighted by molar-refractivity contribution is 5.89. The number of hydrogen-bond donors (Lipinski definition) is 2. The molecule has 4 rings (SSSR count). The van der Waals surface area contributed by atoms with E-state index in [9.17, 15) is 9.59 Å². The minimum Gasteiger partial charge on any atom is -0.465 e. The summed E-state index contributed by atoms with van der Waals surface area (Å²) in [6.45, 7) is 1.21. The SMILES string of the molecule is COC(=O)c1ccc(COC2CCNC(C(=O)N[C@@H]3CCCc4ccccc43)C2)cc1. The quantitative estimate of drug-likeness (QED) is 0.699. The molecule has 1 heterocycles. The van der Waals surface area contributed by atoms with Gasteiger partial charge in [0.15, 0.2) is 0 Å². The van der Waals surface area contributed by atoms with E-state index in [1.165, 1.54) is 18.2 Å². The van der Waals surface area contributed by atoms with E-state index in [2.05, 4.69) is 28.8 Å². The first-order chi connectivity index (χ1) is 15.1. The molecule has 0 saturated carbocycles. The molecule has 0 radical (unpaired) electrons. The van der Waals surface area contributed by atoms with Crippen LogP contribution in [0.15, 0.2) is 48.5 Å². The zero-order chi connectivity index (χ0) is 21.6. The topological polar surface area (TPSA) is 76.7 Å². The Morgan fingerprint density at radius 2 is 1.90 bits per heavy atom. The molecule has 0 bridgehead atoms. The van der Waals surface area contributed by atoms with Crippen LogP contribution in [-0.2, 0) is 27.3 Å². The number of ether oxygens (including phenoxy) is 2. The van der Waals surface area contributed by atoms with Crippen molar-refractivity contribution in [1.29, 1.82) is 0 Å². The van der Waals surface area contributed by atoms with Gasteiger partial charge in [-0.3, -0.25) is 4.79 Å². The van der Waals surface area contributed by atoms with Crippen molar-refractivity contribution in [1.82, 2.24) is 10.6 Å². The minimum absolute atomic E-state index is 0.0240. The number of esters is 1. The number of aryl methyl sites for hydroxylation is 1. The molecule has 164 valence electrons. The molecular weight excluding hydrogens is 392 g/mol. The van der Waals surface area contributed by atoms with E-state index < -0.39 is 0 Å². The summed E-state index contributed by atoms with van der Waals surface area (Å²) in [5.41, 5.74) is 4.11.